The molecular weight excluding hydrogens is 327 g/mol. The molecule has 3 rings (SSSR count). The van der Waals surface area contributed by atoms with Crippen LogP contribution < -0.4 is 4.74 Å². The van der Waals surface area contributed by atoms with Gasteiger partial charge in [0, 0.05) is 6.20 Å². The van der Waals surface area contributed by atoms with E-state index in [-0.39, 0.29) is 6.01 Å². The highest BCUT2D eigenvalue weighted by molar-refractivity contribution is 9.10. The minimum atomic E-state index is -0.512. The number of hydrogen-bond acceptors (Lipinski definition) is 4. The SMILES string of the molecule is Fc1cnc(Oc2ccccc2-n2cc(Br)cn2)nc1. The average molecular weight is 335 g/mol. The second-order valence-corrected chi connectivity index (χ2v) is 4.77. The Labute approximate surface area is 122 Å². The van der Waals surface area contributed by atoms with Crippen molar-refractivity contribution in [2.24, 2.45) is 0 Å². The van der Waals surface area contributed by atoms with Crippen LogP contribution in [-0.4, -0.2) is 19.7 Å². The van der Waals surface area contributed by atoms with Gasteiger partial charge in [-0.3, -0.25) is 0 Å². The number of halogens is 2. The lowest BCUT2D eigenvalue weighted by molar-refractivity contribution is 0.433. The summed E-state index contributed by atoms with van der Waals surface area (Å²) in [5.74, 6) is 0.0105. The van der Waals surface area contributed by atoms with Gasteiger partial charge < -0.3 is 4.74 Å². The van der Waals surface area contributed by atoms with Gasteiger partial charge in [0.25, 0.3) is 0 Å². The van der Waals surface area contributed by atoms with Crippen molar-refractivity contribution < 1.29 is 9.13 Å². The molecule has 0 unspecified atom stereocenters. The third kappa shape index (κ3) is 2.67. The summed E-state index contributed by atoms with van der Waals surface area (Å²) < 4.78 is 20.8. The van der Waals surface area contributed by atoms with Gasteiger partial charge in [0.05, 0.1) is 23.1 Å². The van der Waals surface area contributed by atoms with Crippen LogP contribution in [0.3, 0.4) is 0 Å². The highest BCUT2D eigenvalue weighted by atomic mass is 79.9. The summed E-state index contributed by atoms with van der Waals surface area (Å²) in [5, 5.41) is 4.19. The predicted octanol–water partition coefficient (Wildman–Crippen LogP) is 3.36. The molecule has 2 aromatic heterocycles. The Bertz CT molecular complexity index is 729. The molecule has 0 atom stereocenters. The Hall–Kier alpha value is -2.28. The van der Waals surface area contributed by atoms with Gasteiger partial charge in [-0.1, -0.05) is 12.1 Å². The number of nitrogens with zero attached hydrogens (tertiary/aromatic N) is 4. The molecule has 0 aliphatic heterocycles. The fraction of sp³-hybridized carbons (Fsp3) is 0. The maximum Gasteiger partial charge on any atom is 0.322 e. The number of aromatic nitrogens is 4. The van der Waals surface area contributed by atoms with Crippen LogP contribution >= 0.6 is 15.9 Å². The van der Waals surface area contributed by atoms with Gasteiger partial charge in [0.15, 0.2) is 11.6 Å². The summed E-state index contributed by atoms with van der Waals surface area (Å²) in [7, 11) is 0. The number of benzene rings is 1. The first kappa shape index (κ1) is 12.7. The van der Waals surface area contributed by atoms with Crippen LogP contribution in [0.25, 0.3) is 5.69 Å². The van der Waals surface area contributed by atoms with Gasteiger partial charge in [-0.25, -0.2) is 19.0 Å². The Morgan fingerprint density at radius 3 is 2.55 bits per heavy atom. The summed E-state index contributed by atoms with van der Waals surface area (Å²) in [6, 6.07) is 7.37. The first-order chi connectivity index (χ1) is 9.72. The minimum absolute atomic E-state index is 0.0741. The van der Waals surface area contributed by atoms with E-state index in [0.717, 1.165) is 22.6 Å². The first-order valence-corrected chi connectivity index (χ1v) is 6.46. The fourth-order valence-electron chi connectivity index (χ4n) is 1.62. The quantitative estimate of drug-likeness (QED) is 0.737. The van der Waals surface area contributed by atoms with Gasteiger partial charge in [-0.15, -0.1) is 0 Å². The van der Waals surface area contributed by atoms with Crippen molar-refractivity contribution in [1.82, 2.24) is 19.7 Å². The molecule has 5 nitrogen and oxygen atoms in total. The summed E-state index contributed by atoms with van der Waals surface area (Å²) in [5.41, 5.74) is 0.728. The van der Waals surface area contributed by atoms with E-state index in [0.29, 0.717) is 5.75 Å². The standard InChI is InChI=1S/C13H8BrFN4O/c14-9-5-18-19(8-9)11-3-1-2-4-12(11)20-13-16-6-10(15)7-17-13/h1-8H. The van der Waals surface area contributed by atoms with Gasteiger partial charge in [0.1, 0.15) is 5.69 Å². The molecule has 0 fully saturated rings. The number of ether oxygens (including phenoxy) is 1. The molecule has 0 aliphatic carbocycles. The summed E-state index contributed by atoms with van der Waals surface area (Å²) >= 11 is 3.34. The highest BCUT2D eigenvalue weighted by Gasteiger charge is 2.09. The van der Waals surface area contributed by atoms with Crippen molar-refractivity contribution in [3.8, 4) is 17.4 Å². The molecule has 20 heavy (non-hydrogen) atoms. The summed E-state index contributed by atoms with van der Waals surface area (Å²) in [4.78, 5) is 7.53. The Kier molecular flexibility index (Phi) is 3.42. The molecule has 0 saturated carbocycles. The zero-order valence-corrected chi connectivity index (χ0v) is 11.7. The molecule has 3 aromatic rings. The fourth-order valence-corrected chi connectivity index (χ4v) is 1.90. The smallest absolute Gasteiger partial charge is 0.322 e. The van der Waals surface area contributed by atoms with Crippen molar-refractivity contribution in [1.29, 1.82) is 0 Å². The molecule has 1 aromatic carbocycles. The lowest BCUT2D eigenvalue weighted by atomic mass is 10.3. The van der Waals surface area contributed by atoms with Crippen molar-refractivity contribution in [3.05, 3.63) is 59.3 Å². The van der Waals surface area contributed by atoms with E-state index < -0.39 is 5.82 Å². The second kappa shape index (κ2) is 5.38. The van der Waals surface area contributed by atoms with Crippen LogP contribution in [-0.2, 0) is 0 Å². The van der Waals surface area contributed by atoms with Crippen LogP contribution in [0.1, 0.15) is 0 Å². The predicted molar refractivity (Wildman–Crippen MR) is 73.3 cm³/mol. The lowest BCUT2D eigenvalue weighted by Gasteiger charge is -2.09. The normalized spacial score (nSPS) is 10.5. The Balaban J connectivity index is 1.96. The van der Waals surface area contributed by atoms with E-state index in [1.807, 2.05) is 18.2 Å². The summed E-state index contributed by atoms with van der Waals surface area (Å²) in [6.07, 6.45) is 5.57. The van der Waals surface area contributed by atoms with Crippen molar-refractivity contribution in [2.45, 2.75) is 0 Å². The van der Waals surface area contributed by atoms with E-state index in [1.54, 1.807) is 23.1 Å². The molecule has 100 valence electrons. The van der Waals surface area contributed by atoms with Crippen molar-refractivity contribution >= 4 is 15.9 Å². The number of para-hydroxylation sites is 2. The zero-order valence-electron chi connectivity index (χ0n) is 10.1. The minimum Gasteiger partial charge on any atom is -0.422 e. The Morgan fingerprint density at radius 2 is 1.85 bits per heavy atom. The lowest BCUT2D eigenvalue weighted by Crippen LogP contribution is -1.99. The topological polar surface area (TPSA) is 52.8 Å². The molecule has 0 amide bonds. The van der Waals surface area contributed by atoms with E-state index in [1.165, 1.54) is 0 Å². The zero-order chi connectivity index (χ0) is 13.9. The molecule has 0 N–H and O–H groups in total. The van der Waals surface area contributed by atoms with E-state index in [9.17, 15) is 4.39 Å². The third-order valence-electron chi connectivity index (χ3n) is 2.46. The molecule has 0 bridgehead atoms. The first-order valence-electron chi connectivity index (χ1n) is 5.67. The second-order valence-electron chi connectivity index (χ2n) is 3.86. The van der Waals surface area contributed by atoms with Gasteiger partial charge in [-0.05, 0) is 28.1 Å². The molecular formula is C13H8BrFN4O. The molecule has 0 radical (unpaired) electrons. The number of rotatable bonds is 3. The van der Waals surface area contributed by atoms with Crippen LogP contribution in [0, 0.1) is 5.82 Å². The van der Waals surface area contributed by atoms with Crippen LogP contribution in [0.5, 0.6) is 11.8 Å². The van der Waals surface area contributed by atoms with E-state index in [4.69, 9.17) is 4.74 Å². The number of hydrogen-bond donors (Lipinski definition) is 0. The average Bonchev–Trinajstić information content (AvgIpc) is 2.88. The maximum atomic E-state index is 12.8. The van der Waals surface area contributed by atoms with Crippen LogP contribution in [0.4, 0.5) is 4.39 Å². The molecule has 0 spiro atoms. The van der Waals surface area contributed by atoms with Crippen molar-refractivity contribution in [3.63, 3.8) is 0 Å². The third-order valence-corrected chi connectivity index (χ3v) is 2.87. The highest BCUT2D eigenvalue weighted by Crippen LogP contribution is 2.26. The molecule has 0 aliphatic rings. The van der Waals surface area contributed by atoms with Crippen molar-refractivity contribution in [2.75, 3.05) is 0 Å². The van der Waals surface area contributed by atoms with Crippen LogP contribution in [0.2, 0.25) is 0 Å². The monoisotopic (exact) mass is 334 g/mol. The van der Waals surface area contributed by atoms with Crippen LogP contribution in [0.15, 0.2) is 53.5 Å². The molecule has 7 heteroatoms. The van der Waals surface area contributed by atoms with Gasteiger partial charge >= 0.3 is 6.01 Å². The van der Waals surface area contributed by atoms with Gasteiger partial charge in [-0.2, -0.15) is 5.10 Å². The van der Waals surface area contributed by atoms with Gasteiger partial charge in [0.2, 0.25) is 0 Å². The Morgan fingerprint density at radius 1 is 1.10 bits per heavy atom. The molecule has 0 saturated heterocycles. The maximum absolute atomic E-state index is 12.8. The molecule has 2 heterocycles. The summed E-state index contributed by atoms with van der Waals surface area (Å²) in [6.45, 7) is 0. The van der Waals surface area contributed by atoms with E-state index >= 15 is 0 Å². The largest absolute Gasteiger partial charge is 0.422 e. The van der Waals surface area contributed by atoms with E-state index in [2.05, 4.69) is 31.0 Å².